The fourth-order valence-corrected chi connectivity index (χ4v) is 11.0. The highest BCUT2D eigenvalue weighted by Crippen LogP contribution is 2.71. The van der Waals surface area contributed by atoms with Gasteiger partial charge < -0.3 is 24.4 Å². The van der Waals surface area contributed by atoms with E-state index in [0.29, 0.717) is 36.2 Å². The van der Waals surface area contributed by atoms with E-state index >= 15 is 0 Å². The topological polar surface area (TPSA) is 71.5 Å². The lowest BCUT2D eigenvalue weighted by molar-refractivity contribution is -0.266. The molecular formula is C31H52O5. The molecule has 0 aromatic rings. The fourth-order valence-electron chi connectivity index (χ4n) is 11.0. The van der Waals surface area contributed by atoms with Crippen LogP contribution in [0.5, 0.6) is 0 Å². The van der Waals surface area contributed by atoms with E-state index in [2.05, 4.69) is 27.7 Å². The molecule has 0 aromatic carbocycles. The van der Waals surface area contributed by atoms with E-state index in [1.165, 1.54) is 25.7 Å². The van der Waals surface area contributed by atoms with E-state index in [1.807, 2.05) is 0 Å². The summed E-state index contributed by atoms with van der Waals surface area (Å²) >= 11 is 0. The van der Waals surface area contributed by atoms with E-state index in [4.69, 9.17) is 14.2 Å². The molecule has 2 N–H and O–H groups in total. The zero-order valence-corrected chi connectivity index (χ0v) is 23.7. The third-order valence-corrected chi connectivity index (χ3v) is 13.6. The van der Waals surface area contributed by atoms with Gasteiger partial charge in [0.25, 0.3) is 0 Å². The molecular weight excluding hydrogens is 452 g/mol. The second kappa shape index (κ2) is 8.65. The Balaban J connectivity index is 1.22. The number of methoxy groups -OCH3 is 2. The minimum atomic E-state index is -0.432. The first-order valence-corrected chi connectivity index (χ1v) is 15.1. The maximum atomic E-state index is 11.9. The van der Waals surface area contributed by atoms with Gasteiger partial charge >= 0.3 is 0 Å². The summed E-state index contributed by atoms with van der Waals surface area (Å²) in [6, 6.07) is 0. The largest absolute Gasteiger partial charge is 0.393 e. The number of aliphatic hydroxyl groups excluding tert-OH is 2. The van der Waals surface area contributed by atoms with Crippen molar-refractivity contribution in [3.63, 3.8) is 0 Å². The first-order chi connectivity index (χ1) is 17.0. The molecule has 5 aliphatic carbocycles. The summed E-state index contributed by atoms with van der Waals surface area (Å²) in [6.45, 7) is 10.2. The van der Waals surface area contributed by atoms with E-state index in [-0.39, 0.29) is 22.9 Å². The summed E-state index contributed by atoms with van der Waals surface area (Å²) < 4.78 is 18.0. The first kappa shape index (κ1) is 26.0. The van der Waals surface area contributed by atoms with Crippen LogP contribution in [-0.4, -0.2) is 54.6 Å². The number of ether oxygens (including phenoxy) is 3. The van der Waals surface area contributed by atoms with Crippen molar-refractivity contribution >= 4 is 0 Å². The van der Waals surface area contributed by atoms with Crippen molar-refractivity contribution in [2.75, 3.05) is 20.8 Å². The molecule has 6 fully saturated rings. The van der Waals surface area contributed by atoms with E-state index < -0.39 is 17.5 Å². The Hall–Kier alpha value is -0.200. The van der Waals surface area contributed by atoms with Crippen molar-refractivity contribution in [2.24, 2.45) is 58.2 Å². The van der Waals surface area contributed by atoms with Crippen LogP contribution in [0.25, 0.3) is 0 Å². The normalized spacial score (nSPS) is 54.7. The molecule has 0 spiro atoms. The van der Waals surface area contributed by atoms with Gasteiger partial charge in [0, 0.05) is 38.4 Å². The van der Waals surface area contributed by atoms with Crippen LogP contribution in [0.2, 0.25) is 0 Å². The molecule has 5 nitrogen and oxygen atoms in total. The average Bonchev–Trinajstić information content (AvgIpc) is 3.77. The zero-order chi connectivity index (χ0) is 25.7. The van der Waals surface area contributed by atoms with Crippen LogP contribution in [0.4, 0.5) is 0 Å². The first-order valence-electron chi connectivity index (χ1n) is 15.1. The summed E-state index contributed by atoms with van der Waals surface area (Å²) in [5.41, 5.74) is -0.338. The Morgan fingerprint density at radius 3 is 2.31 bits per heavy atom. The maximum absolute atomic E-state index is 11.9. The zero-order valence-electron chi connectivity index (χ0n) is 23.7. The predicted octanol–water partition coefficient (Wildman–Crippen LogP) is 5.42. The molecule has 1 aliphatic heterocycles. The van der Waals surface area contributed by atoms with Crippen LogP contribution in [0.1, 0.15) is 91.9 Å². The summed E-state index contributed by atoms with van der Waals surface area (Å²) in [7, 11) is 3.59. The molecule has 1 saturated heterocycles. The van der Waals surface area contributed by atoms with Gasteiger partial charge in [0.15, 0.2) is 5.79 Å². The molecule has 13 unspecified atom stereocenters. The maximum Gasteiger partial charge on any atom is 0.167 e. The molecule has 0 amide bonds. The van der Waals surface area contributed by atoms with Crippen molar-refractivity contribution in [3.8, 4) is 0 Å². The van der Waals surface area contributed by atoms with E-state index in [1.54, 1.807) is 14.2 Å². The van der Waals surface area contributed by atoms with Crippen molar-refractivity contribution in [1.29, 1.82) is 0 Å². The van der Waals surface area contributed by atoms with Crippen molar-refractivity contribution in [3.05, 3.63) is 0 Å². The minimum absolute atomic E-state index is 0.157. The highest BCUT2D eigenvalue weighted by Gasteiger charge is 2.71. The van der Waals surface area contributed by atoms with Crippen LogP contribution < -0.4 is 0 Å². The minimum Gasteiger partial charge on any atom is -0.393 e. The molecule has 13 atom stereocenters. The van der Waals surface area contributed by atoms with Gasteiger partial charge in [-0.25, -0.2) is 0 Å². The Labute approximate surface area is 219 Å². The molecule has 0 bridgehead atoms. The Morgan fingerprint density at radius 2 is 1.69 bits per heavy atom. The van der Waals surface area contributed by atoms with Crippen molar-refractivity contribution in [1.82, 2.24) is 0 Å². The predicted molar refractivity (Wildman–Crippen MR) is 139 cm³/mol. The van der Waals surface area contributed by atoms with Crippen LogP contribution in [0.3, 0.4) is 0 Å². The van der Waals surface area contributed by atoms with E-state index in [9.17, 15) is 10.2 Å². The van der Waals surface area contributed by atoms with Crippen LogP contribution in [0.15, 0.2) is 0 Å². The summed E-state index contributed by atoms with van der Waals surface area (Å²) in [5.74, 6) is 4.30. The van der Waals surface area contributed by atoms with Crippen LogP contribution >= 0.6 is 0 Å². The third-order valence-electron chi connectivity index (χ3n) is 13.6. The summed E-state index contributed by atoms with van der Waals surface area (Å²) in [6.07, 6.45) is 10.1. The molecule has 6 rings (SSSR count). The molecule has 0 aromatic heterocycles. The third kappa shape index (κ3) is 3.58. The number of aliphatic hydroxyl groups is 2. The van der Waals surface area contributed by atoms with Crippen molar-refractivity contribution in [2.45, 2.75) is 115 Å². The van der Waals surface area contributed by atoms with Gasteiger partial charge in [-0.3, -0.25) is 0 Å². The highest BCUT2D eigenvalue weighted by molar-refractivity contribution is 5.19. The molecule has 5 heteroatoms. The summed E-state index contributed by atoms with van der Waals surface area (Å²) in [5, 5.41) is 23.5. The quantitative estimate of drug-likeness (QED) is 0.358. The number of epoxide rings is 1. The lowest BCUT2D eigenvalue weighted by atomic mass is 9.43. The van der Waals surface area contributed by atoms with Gasteiger partial charge in [0.2, 0.25) is 0 Å². The average molecular weight is 505 g/mol. The lowest BCUT2D eigenvalue weighted by Gasteiger charge is -2.63. The van der Waals surface area contributed by atoms with Gasteiger partial charge in [-0.05, 0) is 98.2 Å². The molecule has 1 heterocycles. The Bertz CT molecular complexity index is 837. The molecule has 6 aliphatic rings. The molecule has 0 radical (unpaired) electrons. The number of fused-ring (bicyclic) bond motifs is 5. The molecule has 206 valence electrons. The van der Waals surface area contributed by atoms with Crippen molar-refractivity contribution < 1.29 is 24.4 Å². The number of hydrogen-bond donors (Lipinski definition) is 2. The SMILES string of the molecule is COC1(OC)CCC2(C)C(CCC3C2CC(O)C2(C)C3CCC2C2(C(O)CC(C)C3CC3C)CO2)C1. The van der Waals surface area contributed by atoms with Crippen LogP contribution in [-0.2, 0) is 14.2 Å². The van der Waals surface area contributed by atoms with Gasteiger partial charge in [-0.15, -0.1) is 0 Å². The van der Waals surface area contributed by atoms with Gasteiger partial charge in [0.1, 0.15) is 5.60 Å². The number of rotatable bonds is 7. The number of hydrogen-bond acceptors (Lipinski definition) is 5. The Morgan fingerprint density at radius 1 is 1.00 bits per heavy atom. The molecule has 36 heavy (non-hydrogen) atoms. The van der Waals surface area contributed by atoms with Gasteiger partial charge in [0.05, 0.1) is 18.8 Å². The standard InChI is InChI=1S/C31H52O5/c1-18-13-22(18)19(2)14-27(33)31(17-36-31)25-10-9-23-21-8-7-20-16-30(34-5,35-6)12-11-28(20,3)24(21)15-26(32)29(23,25)4/h18-27,32-33H,7-17H2,1-6H3. The lowest BCUT2D eigenvalue weighted by Crippen LogP contribution is -2.61. The van der Waals surface area contributed by atoms with Gasteiger partial charge in [-0.2, -0.15) is 0 Å². The highest BCUT2D eigenvalue weighted by atomic mass is 16.7. The second-order valence-corrected chi connectivity index (χ2v) is 14.8. The smallest absolute Gasteiger partial charge is 0.167 e. The Kier molecular flexibility index (Phi) is 6.26. The summed E-state index contributed by atoms with van der Waals surface area (Å²) in [4.78, 5) is 0. The van der Waals surface area contributed by atoms with E-state index in [0.717, 1.165) is 50.4 Å². The fraction of sp³-hybridized carbons (Fsp3) is 1.00. The van der Waals surface area contributed by atoms with Gasteiger partial charge in [-0.1, -0.05) is 27.7 Å². The van der Waals surface area contributed by atoms with Crippen LogP contribution in [0, 0.1) is 58.2 Å². The monoisotopic (exact) mass is 504 g/mol. The molecule has 5 saturated carbocycles. The second-order valence-electron chi connectivity index (χ2n) is 14.8.